The maximum absolute atomic E-state index is 12.2. The Labute approximate surface area is 137 Å². The number of carbonyl (C=O) groups is 1. The van der Waals surface area contributed by atoms with Crippen LogP contribution in [0.1, 0.15) is 32.6 Å². The zero-order valence-electron chi connectivity index (χ0n) is 13.5. The van der Waals surface area contributed by atoms with Crippen molar-refractivity contribution < 1.29 is 14.3 Å². The highest BCUT2D eigenvalue weighted by Crippen LogP contribution is 2.48. The van der Waals surface area contributed by atoms with Gasteiger partial charge in [-0.3, -0.25) is 4.79 Å². The summed E-state index contributed by atoms with van der Waals surface area (Å²) in [7, 11) is 0. The number of hydrogen-bond donors (Lipinski definition) is 0. The van der Waals surface area contributed by atoms with Gasteiger partial charge in [-0.05, 0) is 37.5 Å². The summed E-state index contributed by atoms with van der Waals surface area (Å²) >= 11 is 2.04. The van der Waals surface area contributed by atoms with Crippen molar-refractivity contribution in [2.24, 2.45) is 17.8 Å². The Hall–Kier alpha value is -0.260. The summed E-state index contributed by atoms with van der Waals surface area (Å²) in [6.07, 6.45) is 4.92. The molecule has 0 aromatic rings. The molecule has 0 bridgehead atoms. The molecule has 0 radical (unpaired) electrons. The molecule has 4 aliphatic rings. The van der Waals surface area contributed by atoms with Crippen LogP contribution < -0.4 is 0 Å². The minimum Gasteiger partial charge on any atom is -0.381 e. The van der Waals surface area contributed by atoms with Crippen molar-refractivity contribution in [1.29, 1.82) is 0 Å². The van der Waals surface area contributed by atoms with E-state index in [-0.39, 0.29) is 0 Å². The second-order valence-corrected chi connectivity index (χ2v) is 9.21. The molecule has 3 aliphatic heterocycles. The first kappa shape index (κ1) is 15.3. The van der Waals surface area contributed by atoms with Gasteiger partial charge in [-0.25, -0.2) is 0 Å². The Morgan fingerprint density at radius 3 is 2.77 bits per heavy atom. The molecule has 5 heteroatoms. The molecule has 3 atom stereocenters. The lowest BCUT2D eigenvalue weighted by atomic mass is 9.92. The van der Waals surface area contributed by atoms with Gasteiger partial charge in [-0.2, -0.15) is 0 Å². The SMILES string of the molecule is C[C@@H]1C[C@H]1C(=O)N1CC2(C[C@H](OCC3CCOCC3)CS2)C1. The fourth-order valence-corrected chi connectivity index (χ4v) is 5.57. The Morgan fingerprint density at radius 2 is 2.09 bits per heavy atom. The van der Waals surface area contributed by atoms with Crippen molar-refractivity contribution in [3.8, 4) is 0 Å². The molecular formula is C17H27NO3S. The van der Waals surface area contributed by atoms with Crippen molar-refractivity contribution >= 4 is 17.7 Å². The van der Waals surface area contributed by atoms with Crippen molar-refractivity contribution in [1.82, 2.24) is 4.90 Å². The number of carbonyl (C=O) groups excluding carboxylic acids is 1. The Bertz CT molecular complexity index is 432. The van der Waals surface area contributed by atoms with Gasteiger partial charge < -0.3 is 14.4 Å². The van der Waals surface area contributed by atoms with E-state index >= 15 is 0 Å². The molecule has 4 nitrogen and oxygen atoms in total. The third-order valence-corrected chi connectivity index (χ3v) is 7.36. The molecule has 4 fully saturated rings. The topological polar surface area (TPSA) is 38.8 Å². The smallest absolute Gasteiger partial charge is 0.226 e. The van der Waals surface area contributed by atoms with Crippen molar-refractivity contribution in [2.45, 2.75) is 43.5 Å². The van der Waals surface area contributed by atoms with E-state index in [4.69, 9.17) is 9.47 Å². The first-order valence-electron chi connectivity index (χ1n) is 8.77. The van der Waals surface area contributed by atoms with Gasteiger partial charge in [0.25, 0.3) is 0 Å². The van der Waals surface area contributed by atoms with Gasteiger partial charge >= 0.3 is 0 Å². The number of nitrogens with zero attached hydrogens (tertiary/aromatic N) is 1. The molecule has 0 aromatic heterocycles. The summed E-state index contributed by atoms with van der Waals surface area (Å²) in [5, 5.41) is 0. The highest BCUT2D eigenvalue weighted by Gasteiger charge is 2.53. The minimum atomic E-state index is 0.314. The quantitative estimate of drug-likeness (QED) is 0.794. The standard InChI is InChI=1S/C17H27NO3S/c1-12-6-15(12)16(19)18-10-17(11-18)7-14(9-22-17)21-8-13-2-4-20-5-3-13/h12-15H,2-11H2,1H3/t12-,14+,15-/m1/s1. The summed E-state index contributed by atoms with van der Waals surface area (Å²) in [6.45, 7) is 6.78. The summed E-state index contributed by atoms with van der Waals surface area (Å²) in [4.78, 5) is 14.3. The highest BCUT2D eigenvalue weighted by molar-refractivity contribution is 8.01. The normalized spacial score (nSPS) is 37.3. The van der Waals surface area contributed by atoms with E-state index in [1.807, 2.05) is 11.8 Å². The molecule has 0 aromatic carbocycles. The Kier molecular flexibility index (Phi) is 4.16. The van der Waals surface area contributed by atoms with Crippen LogP contribution in [0.15, 0.2) is 0 Å². The molecule has 124 valence electrons. The fraction of sp³-hybridized carbons (Fsp3) is 0.941. The summed E-state index contributed by atoms with van der Waals surface area (Å²) < 4.78 is 11.9. The largest absolute Gasteiger partial charge is 0.381 e. The van der Waals surface area contributed by atoms with Crippen molar-refractivity contribution in [3.63, 3.8) is 0 Å². The number of hydrogen-bond acceptors (Lipinski definition) is 4. The van der Waals surface area contributed by atoms with E-state index in [1.54, 1.807) is 0 Å². The molecule has 4 rings (SSSR count). The number of rotatable bonds is 4. The van der Waals surface area contributed by atoms with E-state index in [1.165, 1.54) is 0 Å². The third kappa shape index (κ3) is 3.04. The lowest BCUT2D eigenvalue weighted by Gasteiger charge is -2.47. The summed E-state index contributed by atoms with van der Waals surface area (Å²) in [6, 6.07) is 0. The predicted molar refractivity (Wildman–Crippen MR) is 86.9 cm³/mol. The molecule has 1 aliphatic carbocycles. The molecule has 22 heavy (non-hydrogen) atoms. The Morgan fingerprint density at radius 1 is 1.36 bits per heavy atom. The molecular weight excluding hydrogens is 298 g/mol. The Balaban J connectivity index is 1.19. The molecule has 0 N–H and O–H groups in total. The van der Waals surface area contributed by atoms with Crippen LogP contribution in [0.2, 0.25) is 0 Å². The predicted octanol–water partition coefficient (Wildman–Crippen LogP) is 2.17. The monoisotopic (exact) mass is 325 g/mol. The molecule has 3 saturated heterocycles. The van der Waals surface area contributed by atoms with Crippen LogP contribution >= 0.6 is 11.8 Å². The average molecular weight is 325 g/mol. The summed E-state index contributed by atoms with van der Waals surface area (Å²) in [5.41, 5.74) is 0. The second-order valence-electron chi connectivity index (χ2n) is 7.72. The van der Waals surface area contributed by atoms with E-state index in [2.05, 4.69) is 11.8 Å². The molecule has 1 amide bonds. The van der Waals surface area contributed by atoms with Crippen LogP contribution in [0, 0.1) is 17.8 Å². The maximum Gasteiger partial charge on any atom is 0.226 e. The van der Waals surface area contributed by atoms with Gasteiger partial charge in [0.1, 0.15) is 0 Å². The van der Waals surface area contributed by atoms with Crippen LogP contribution in [-0.4, -0.2) is 60.3 Å². The van der Waals surface area contributed by atoms with Gasteiger partial charge in [0, 0.05) is 44.6 Å². The van der Waals surface area contributed by atoms with Crippen LogP contribution in [0.25, 0.3) is 0 Å². The second kappa shape index (κ2) is 5.99. The number of amides is 1. The lowest BCUT2D eigenvalue weighted by molar-refractivity contribution is -0.138. The third-order valence-electron chi connectivity index (χ3n) is 5.78. The maximum atomic E-state index is 12.2. The van der Waals surface area contributed by atoms with Crippen LogP contribution in [-0.2, 0) is 14.3 Å². The molecule has 1 saturated carbocycles. The van der Waals surface area contributed by atoms with Gasteiger partial charge in [0.15, 0.2) is 0 Å². The van der Waals surface area contributed by atoms with Crippen LogP contribution in [0.4, 0.5) is 0 Å². The van der Waals surface area contributed by atoms with Gasteiger partial charge in [-0.15, -0.1) is 11.8 Å². The molecule has 0 unspecified atom stereocenters. The zero-order valence-corrected chi connectivity index (χ0v) is 14.3. The van der Waals surface area contributed by atoms with Crippen molar-refractivity contribution in [3.05, 3.63) is 0 Å². The van der Waals surface area contributed by atoms with Crippen LogP contribution in [0.5, 0.6) is 0 Å². The van der Waals surface area contributed by atoms with E-state index in [0.717, 1.165) is 64.3 Å². The van der Waals surface area contributed by atoms with Gasteiger partial charge in [-0.1, -0.05) is 6.92 Å². The first-order chi connectivity index (χ1) is 10.7. The van der Waals surface area contributed by atoms with E-state index < -0.39 is 0 Å². The molecule has 3 heterocycles. The van der Waals surface area contributed by atoms with Gasteiger partial charge in [0.05, 0.1) is 10.9 Å². The lowest BCUT2D eigenvalue weighted by Crippen LogP contribution is -2.61. The van der Waals surface area contributed by atoms with E-state index in [9.17, 15) is 4.79 Å². The minimum absolute atomic E-state index is 0.314. The number of thioether (sulfide) groups is 1. The number of ether oxygens (including phenoxy) is 2. The number of likely N-dealkylation sites (tertiary alicyclic amines) is 1. The van der Waals surface area contributed by atoms with Crippen LogP contribution in [0.3, 0.4) is 0 Å². The zero-order chi connectivity index (χ0) is 15.2. The van der Waals surface area contributed by atoms with Gasteiger partial charge in [0.2, 0.25) is 5.91 Å². The fourth-order valence-electron chi connectivity index (χ4n) is 4.02. The average Bonchev–Trinajstić information content (AvgIpc) is 3.08. The van der Waals surface area contributed by atoms with E-state index in [0.29, 0.717) is 34.5 Å². The summed E-state index contributed by atoms with van der Waals surface area (Å²) in [5.74, 6) is 3.15. The first-order valence-corrected chi connectivity index (χ1v) is 9.76. The highest BCUT2D eigenvalue weighted by atomic mass is 32.2. The molecule has 1 spiro atoms. The van der Waals surface area contributed by atoms with Crippen molar-refractivity contribution in [2.75, 3.05) is 38.7 Å².